The normalized spacial score (nSPS) is 21.1. The minimum atomic E-state index is -2.93. The quantitative estimate of drug-likeness (QED) is 0.351. The van der Waals surface area contributed by atoms with Gasteiger partial charge in [-0.25, -0.2) is 18.0 Å². The summed E-state index contributed by atoms with van der Waals surface area (Å²) in [5, 5.41) is 16.0. The lowest BCUT2D eigenvalue weighted by Crippen LogP contribution is -2.56. The van der Waals surface area contributed by atoms with E-state index in [1.165, 1.54) is 24.3 Å². The maximum Gasteiger partial charge on any atom is 0.408 e. The van der Waals surface area contributed by atoms with E-state index in [0.717, 1.165) is 21.9 Å². The van der Waals surface area contributed by atoms with E-state index in [2.05, 4.69) is 15.3 Å². The molecule has 3 amide bonds. The smallest absolute Gasteiger partial charge is 0.408 e. The zero-order chi connectivity index (χ0) is 27.6. The molecule has 1 saturated carbocycles. The van der Waals surface area contributed by atoms with Gasteiger partial charge >= 0.3 is 6.09 Å². The maximum atomic E-state index is 14.3. The molecule has 14 heteroatoms. The highest BCUT2D eigenvalue weighted by Gasteiger charge is 2.49. The van der Waals surface area contributed by atoms with Crippen molar-refractivity contribution in [3.05, 3.63) is 64.9 Å². The molecule has 4 rings (SSSR count). The third kappa shape index (κ3) is 5.63. The predicted molar refractivity (Wildman–Crippen MR) is 128 cm³/mol. The van der Waals surface area contributed by atoms with Crippen LogP contribution in [0.1, 0.15) is 30.9 Å². The number of carbonyl (C=O) groups is 3. The van der Waals surface area contributed by atoms with Gasteiger partial charge in [-0.2, -0.15) is 0 Å². The number of benzene rings is 2. The van der Waals surface area contributed by atoms with Gasteiger partial charge in [0, 0.05) is 41.6 Å². The zero-order valence-corrected chi connectivity index (χ0v) is 20.5. The average molecular weight is 552 g/mol. The van der Waals surface area contributed by atoms with Gasteiger partial charge < -0.3 is 10.4 Å². The number of halogens is 4. The van der Waals surface area contributed by atoms with Gasteiger partial charge in [-0.3, -0.25) is 19.4 Å². The summed E-state index contributed by atoms with van der Waals surface area (Å²) < 4.78 is 41.3. The van der Waals surface area contributed by atoms with Crippen LogP contribution in [0.25, 0.3) is 0 Å². The van der Waals surface area contributed by atoms with Gasteiger partial charge in [0.25, 0.3) is 11.8 Å². The molecule has 1 saturated heterocycles. The second-order valence-corrected chi connectivity index (χ2v) is 9.54. The minimum Gasteiger partial charge on any atom is -0.465 e. The number of likely N-dealkylation sites (tertiary alicyclic amines) is 1. The Bertz CT molecular complexity index is 1300. The first-order chi connectivity index (χ1) is 18.0. The number of hydrogen-bond acceptors (Lipinski definition) is 5. The lowest BCUT2D eigenvalue weighted by molar-refractivity contribution is -0.133. The van der Waals surface area contributed by atoms with Crippen molar-refractivity contribution in [2.75, 3.05) is 11.4 Å². The molecule has 1 heterocycles. The molecule has 2 aromatic rings. The summed E-state index contributed by atoms with van der Waals surface area (Å²) in [6.07, 6.45) is -2.76. The number of carboxylic acid groups (broad SMARTS) is 1. The molecule has 0 spiro atoms. The molecule has 0 aromatic heterocycles. The second kappa shape index (κ2) is 10.8. The van der Waals surface area contributed by atoms with Crippen LogP contribution in [-0.2, 0) is 9.59 Å². The van der Waals surface area contributed by atoms with E-state index in [-0.39, 0.29) is 29.2 Å². The topological polar surface area (TPSA) is 140 Å². The van der Waals surface area contributed by atoms with Crippen molar-refractivity contribution in [3.8, 4) is 0 Å². The first-order valence-electron chi connectivity index (χ1n) is 11.6. The summed E-state index contributed by atoms with van der Waals surface area (Å²) >= 11 is 6.40. The van der Waals surface area contributed by atoms with Gasteiger partial charge in [0.05, 0.1) is 6.54 Å². The van der Waals surface area contributed by atoms with Gasteiger partial charge in [0.2, 0.25) is 10.8 Å². The van der Waals surface area contributed by atoms with E-state index >= 15 is 0 Å². The van der Waals surface area contributed by atoms with Crippen LogP contribution >= 0.6 is 11.6 Å². The number of rotatable bonds is 7. The highest BCUT2D eigenvalue weighted by Crippen LogP contribution is 2.39. The number of nitrogens with zero attached hydrogens (tertiary/aromatic N) is 4. The Kier molecular flexibility index (Phi) is 7.70. The van der Waals surface area contributed by atoms with Crippen LogP contribution in [0, 0.1) is 11.3 Å². The molecule has 200 valence electrons. The van der Waals surface area contributed by atoms with Crippen LogP contribution in [0.2, 0.25) is 5.02 Å². The van der Waals surface area contributed by atoms with E-state index in [1.54, 1.807) is 12.1 Å². The molecule has 3 N–H and O–H groups in total. The summed E-state index contributed by atoms with van der Waals surface area (Å²) in [5.74, 6) is -5.40. The van der Waals surface area contributed by atoms with E-state index in [0.29, 0.717) is 0 Å². The van der Waals surface area contributed by atoms with E-state index in [4.69, 9.17) is 17.1 Å². The van der Waals surface area contributed by atoms with E-state index in [1.807, 2.05) is 0 Å². The fraction of sp³-hybridized carbons (Fsp3) is 0.375. The zero-order valence-electron chi connectivity index (χ0n) is 19.7. The highest BCUT2D eigenvalue weighted by molar-refractivity contribution is 6.31. The average Bonchev–Trinajstić information content (AvgIpc) is 3.26. The Balaban J connectivity index is 1.81. The van der Waals surface area contributed by atoms with Crippen molar-refractivity contribution >= 4 is 35.2 Å². The molecule has 3 atom stereocenters. The van der Waals surface area contributed by atoms with Crippen LogP contribution in [0.15, 0.2) is 53.6 Å². The number of anilines is 1. The van der Waals surface area contributed by atoms with Crippen molar-refractivity contribution < 1.29 is 32.7 Å². The van der Waals surface area contributed by atoms with Crippen LogP contribution in [0.3, 0.4) is 0 Å². The Morgan fingerprint density at radius 1 is 1.21 bits per heavy atom. The molecule has 2 aliphatic rings. The Morgan fingerprint density at radius 3 is 2.53 bits per heavy atom. The number of alkyl halides is 2. The maximum absolute atomic E-state index is 14.3. The summed E-state index contributed by atoms with van der Waals surface area (Å²) in [6.45, 7) is -0.231. The fourth-order valence-corrected chi connectivity index (χ4v) is 4.99. The molecule has 2 aromatic carbocycles. The molecule has 10 nitrogen and oxygen atoms in total. The Hall–Kier alpha value is -3.96. The molecule has 1 aliphatic carbocycles. The summed E-state index contributed by atoms with van der Waals surface area (Å²) in [4.78, 5) is 44.3. The predicted octanol–water partition coefficient (Wildman–Crippen LogP) is 4.14. The molecule has 38 heavy (non-hydrogen) atoms. The summed E-state index contributed by atoms with van der Waals surface area (Å²) in [5.41, 5.74) is 7.01. The third-order valence-electron chi connectivity index (χ3n) is 6.50. The Morgan fingerprint density at radius 2 is 1.92 bits per heavy atom. The van der Waals surface area contributed by atoms with Gasteiger partial charge in [-0.15, -0.1) is 0 Å². The first-order valence-corrected chi connectivity index (χ1v) is 12.0. The summed E-state index contributed by atoms with van der Waals surface area (Å²) in [6, 6.07) is 6.26. The van der Waals surface area contributed by atoms with Crippen LogP contribution in [-0.4, -0.2) is 58.5 Å². The van der Waals surface area contributed by atoms with Crippen LogP contribution < -0.4 is 15.1 Å². The highest BCUT2D eigenvalue weighted by atomic mass is 35.5. The van der Waals surface area contributed by atoms with Crippen molar-refractivity contribution in [1.29, 1.82) is 5.53 Å². The second-order valence-electron chi connectivity index (χ2n) is 9.14. The molecule has 2 fully saturated rings. The minimum absolute atomic E-state index is 0.0724. The van der Waals surface area contributed by atoms with Crippen LogP contribution in [0.5, 0.6) is 0 Å². The van der Waals surface area contributed by atoms with E-state index < -0.39 is 66.7 Å². The number of hydrogen-bond donors (Lipinski definition) is 3. The SMILES string of the molecule is N=[N+]=NC1CC(C(=O)N(c2cccc(F)c2)[C@H](C(=O)NC2CC(F)(F)C2)c2ccccc2Cl)N(C(=O)O)C1. The Labute approximate surface area is 219 Å². The van der Waals surface area contributed by atoms with Gasteiger partial charge in [-0.05, 0) is 24.3 Å². The molecule has 2 unspecified atom stereocenters. The standard InChI is InChI=1S/C24H22ClF3N6O4/c25-18-7-2-1-6-17(18)20(21(35)30-15-10-24(27,28)11-15)34(16-5-3-4-13(26)8-16)22(36)19-9-14(31-32-29)12-33(19)23(37)38/h1-8,14-15,19-20,29H,9-12H2,(H-,30,35,37,38)/p+1/t14?,19?,20-/m0/s1. The van der Waals surface area contributed by atoms with Gasteiger partial charge in [0.1, 0.15) is 28.5 Å². The molecular formula is C24H23ClF3N6O4+. The molecular weight excluding hydrogens is 529 g/mol. The molecule has 0 bridgehead atoms. The third-order valence-corrected chi connectivity index (χ3v) is 6.84. The van der Waals surface area contributed by atoms with Crippen molar-refractivity contribution in [2.24, 2.45) is 5.11 Å². The number of amides is 3. The number of carbonyl (C=O) groups excluding carboxylic acids is 2. The molecule has 0 radical (unpaired) electrons. The van der Waals surface area contributed by atoms with Gasteiger partial charge in [-0.1, -0.05) is 35.9 Å². The summed E-state index contributed by atoms with van der Waals surface area (Å²) in [7, 11) is 0. The lowest BCUT2D eigenvalue weighted by Gasteiger charge is -2.39. The fourth-order valence-electron chi connectivity index (χ4n) is 4.75. The monoisotopic (exact) mass is 551 g/mol. The van der Waals surface area contributed by atoms with Crippen molar-refractivity contribution in [2.45, 2.75) is 49.4 Å². The first kappa shape index (κ1) is 27.1. The molecule has 1 aliphatic heterocycles. The van der Waals surface area contributed by atoms with E-state index in [9.17, 15) is 32.7 Å². The van der Waals surface area contributed by atoms with Crippen LogP contribution in [0.4, 0.5) is 23.7 Å². The largest absolute Gasteiger partial charge is 0.465 e. The van der Waals surface area contributed by atoms with Gasteiger partial charge in [0.15, 0.2) is 6.04 Å². The van der Waals surface area contributed by atoms with Crippen molar-refractivity contribution in [1.82, 2.24) is 15.1 Å². The van der Waals surface area contributed by atoms with Crippen molar-refractivity contribution in [3.63, 3.8) is 0 Å². The number of nitrogens with one attached hydrogen (secondary N) is 2. The lowest BCUT2D eigenvalue weighted by atomic mass is 9.87.